The lowest BCUT2D eigenvalue weighted by atomic mass is 10.0. The summed E-state index contributed by atoms with van der Waals surface area (Å²) in [5, 5.41) is 10.1. The molecule has 20 heavy (non-hydrogen) atoms. The van der Waals surface area contributed by atoms with Crippen molar-refractivity contribution in [2.45, 2.75) is 61.1 Å². The third-order valence-corrected chi connectivity index (χ3v) is 7.20. The van der Waals surface area contributed by atoms with Gasteiger partial charge in [-0.2, -0.15) is 0 Å². The van der Waals surface area contributed by atoms with E-state index in [0.717, 1.165) is 39.4 Å². The molecule has 3 saturated carbocycles. The molecule has 3 atom stereocenters. The lowest BCUT2D eigenvalue weighted by molar-refractivity contribution is -0.116. The van der Waals surface area contributed by atoms with Gasteiger partial charge in [-0.3, -0.25) is 9.69 Å². The smallest absolute Gasteiger partial charge is 0.225 e. The normalized spacial score (nSPS) is 31.8. The predicted octanol–water partition coefficient (Wildman–Crippen LogP) is 3.33. The van der Waals surface area contributed by atoms with Crippen LogP contribution in [0.15, 0.2) is 4.34 Å². The minimum Gasteiger partial charge on any atom is -0.284 e. The highest BCUT2D eigenvalue weighted by molar-refractivity contribution is 8.01. The van der Waals surface area contributed by atoms with Gasteiger partial charge in [0.1, 0.15) is 0 Å². The fourth-order valence-corrected chi connectivity index (χ4v) is 6.33. The molecule has 0 aliphatic heterocycles. The van der Waals surface area contributed by atoms with E-state index < -0.39 is 0 Å². The van der Waals surface area contributed by atoms with E-state index in [9.17, 15) is 4.79 Å². The first kappa shape index (κ1) is 13.1. The number of rotatable bonds is 4. The highest BCUT2D eigenvalue weighted by atomic mass is 32.2. The van der Waals surface area contributed by atoms with E-state index >= 15 is 0 Å². The number of carbonyl (C=O) groups is 1. The second kappa shape index (κ2) is 4.98. The van der Waals surface area contributed by atoms with Crippen molar-refractivity contribution < 1.29 is 4.79 Å². The van der Waals surface area contributed by atoms with Gasteiger partial charge in [0.15, 0.2) is 4.34 Å². The maximum atomic E-state index is 11.7. The van der Waals surface area contributed by atoms with Gasteiger partial charge < -0.3 is 0 Å². The highest BCUT2D eigenvalue weighted by Crippen LogP contribution is 2.51. The van der Waals surface area contributed by atoms with Crippen LogP contribution in [-0.4, -0.2) is 27.4 Å². The van der Waals surface area contributed by atoms with Crippen LogP contribution in [0, 0.1) is 11.8 Å². The summed E-state index contributed by atoms with van der Waals surface area (Å²) in [4.78, 5) is 13.6. The van der Waals surface area contributed by atoms with E-state index in [4.69, 9.17) is 0 Å². The first-order valence-electron chi connectivity index (χ1n) is 7.50. The van der Waals surface area contributed by atoms with Crippen LogP contribution in [0.2, 0.25) is 0 Å². The number of hydrogen-bond acceptors (Lipinski definition) is 5. The van der Waals surface area contributed by atoms with Crippen molar-refractivity contribution in [3.8, 4) is 0 Å². The van der Waals surface area contributed by atoms with Crippen LogP contribution < -0.4 is 4.90 Å². The molecule has 3 aliphatic carbocycles. The molecule has 0 unspecified atom stereocenters. The number of thioether (sulfide) groups is 1. The number of amides is 1. The first-order valence-corrected chi connectivity index (χ1v) is 9.20. The van der Waals surface area contributed by atoms with E-state index in [1.165, 1.54) is 25.7 Å². The van der Waals surface area contributed by atoms with E-state index in [0.29, 0.717) is 6.04 Å². The van der Waals surface area contributed by atoms with Crippen molar-refractivity contribution in [2.75, 3.05) is 4.90 Å². The molecule has 0 saturated heterocycles. The van der Waals surface area contributed by atoms with Gasteiger partial charge in [-0.05, 0) is 43.9 Å². The molecule has 108 valence electrons. The van der Waals surface area contributed by atoms with Crippen molar-refractivity contribution in [3.63, 3.8) is 0 Å². The van der Waals surface area contributed by atoms with Crippen LogP contribution >= 0.6 is 23.1 Å². The molecule has 6 heteroatoms. The predicted molar refractivity (Wildman–Crippen MR) is 81.2 cm³/mol. The van der Waals surface area contributed by atoms with Crippen LogP contribution in [0.5, 0.6) is 0 Å². The van der Waals surface area contributed by atoms with Gasteiger partial charge in [0.05, 0.1) is 0 Å². The largest absolute Gasteiger partial charge is 0.284 e. The Hall–Kier alpha value is -0.620. The summed E-state index contributed by atoms with van der Waals surface area (Å²) in [5.74, 6) is 1.95. The van der Waals surface area contributed by atoms with Crippen molar-refractivity contribution in [2.24, 2.45) is 11.8 Å². The van der Waals surface area contributed by atoms with Crippen LogP contribution in [-0.2, 0) is 4.79 Å². The van der Waals surface area contributed by atoms with Gasteiger partial charge >= 0.3 is 0 Å². The Balaban J connectivity index is 1.46. The molecule has 0 aromatic carbocycles. The fourth-order valence-electron chi connectivity index (χ4n) is 3.69. The first-order chi connectivity index (χ1) is 9.70. The zero-order valence-corrected chi connectivity index (χ0v) is 13.3. The van der Waals surface area contributed by atoms with E-state index in [-0.39, 0.29) is 5.91 Å². The molecule has 4 nitrogen and oxygen atoms in total. The van der Waals surface area contributed by atoms with Gasteiger partial charge in [-0.15, -0.1) is 10.2 Å². The minimum absolute atomic E-state index is 0.0973. The Kier molecular flexibility index (Phi) is 3.26. The van der Waals surface area contributed by atoms with Gasteiger partial charge in [-0.25, -0.2) is 0 Å². The van der Waals surface area contributed by atoms with Crippen LogP contribution in [0.1, 0.15) is 45.4 Å². The monoisotopic (exact) mass is 309 g/mol. The average molecular weight is 309 g/mol. The Morgan fingerprint density at radius 1 is 1.25 bits per heavy atom. The fraction of sp³-hybridized carbons (Fsp3) is 0.786. The molecule has 0 spiro atoms. The second-order valence-electron chi connectivity index (χ2n) is 6.30. The number of nitrogens with zero attached hydrogens (tertiary/aromatic N) is 3. The van der Waals surface area contributed by atoms with E-state index in [2.05, 4.69) is 10.2 Å². The average Bonchev–Trinajstić information content (AvgIpc) is 2.85. The minimum atomic E-state index is 0.0973. The van der Waals surface area contributed by atoms with E-state index in [1.807, 2.05) is 16.7 Å². The zero-order chi connectivity index (χ0) is 13.7. The standard InChI is InChI=1S/C14H19N3OS2/c1-8(18)17(11-4-5-11)13-15-16-14(20-13)19-12-7-9-2-3-10(12)6-9/h9-12H,2-7H2,1H3/t9-,10+,12+/m0/s1. The maximum absolute atomic E-state index is 11.7. The number of hydrogen-bond donors (Lipinski definition) is 0. The molecule has 0 radical (unpaired) electrons. The Morgan fingerprint density at radius 3 is 2.70 bits per heavy atom. The summed E-state index contributed by atoms with van der Waals surface area (Å²) < 4.78 is 1.05. The molecule has 1 amide bonds. The van der Waals surface area contributed by atoms with E-state index in [1.54, 1.807) is 18.3 Å². The summed E-state index contributed by atoms with van der Waals surface area (Å²) >= 11 is 3.50. The quantitative estimate of drug-likeness (QED) is 0.800. The Morgan fingerprint density at radius 2 is 2.10 bits per heavy atom. The van der Waals surface area contributed by atoms with Gasteiger partial charge in [0, 0.05) is 18.2 Å². The number of anilines is 1. The number of aromatic nitrogens is 2. The summed E-state index contributed by atoms with van der Waals surface area (Å²) in [6, 6.07) is 0.376. The number of carbonyl (C=O) groups excluding carboxylic acids is 1. The van der Waals surface area contributed by atoms with Crippen molar-refractivity contribution in [1.29, 1.82) is 0 Å². The summed E-state index contributed by atoms with van der Waals surface area (Å²) in [5.41, 5.74) is 0. The maximum Gasteiger partial charge on any atom is 0.225 e. The molecule has 1 heterocycles. The molecule has 3 aliphatic rings. The van der Waals surface area contributed by atoms with Crippen molar-refractivity contribution in [1.82, 2.24) is 10.2 Å². The highest BCUT2D eigenvalue weighted by Gasteiger charge is 2.40. The second-order valence-corrected chi connectivity index (χ2v) is 8.74. The molecule has 0 N–H and O–H groups in total. The molecule has 1 aromatic rings. The van der Waals surface area contributed by atoms with Crippen molar-refractivity contribution >= 4 is 34.1 Å². The molecular weight excluding hydrogens is 290 g/mol. The lowest BCUT2D eigenvalue weighted by Crippen LogP contribution is -2.30. The summed E-state index contributed by atoms with van der Waals surface area (Å²) in [7, 11) is 0. The molecule has 3 fully saturated rings. The zero-order valence-electron chi connectivity index (χ0n) is 11.6. The SMILES string of the molecule is CC(=O)N(c1nnc(S[C@@H]2C[C@H]3CC[C@@H]2C3)s1)C1CC1. The summed E-state index contributed by atoms with van der Waals surface area (Å²) in [6.45, 7) is 1.63. The van der Waals surface area contributed by atoms with Crippen LogP contribution in [0.4, 0.5) is 5.13 Å². The molecule has 2 bridgehead atoms. The van der Waals surface area contributed by atoms with Crippen LogP contribution in [0.3, 0.4) is 0 Å². The van der Waals surface area contributed by atoms with Crippen LogP contribution in [0.25, 0.3) is 0 Å². The Bertz CT molecular complexity index is 528. The van der Waals surface area contributed by atoms with Gasteiger partial charge in [-0.1, -0.05) is 29.5 Å². The summed E-state index contributed by atoms with van der Waals surface area (Å²) in [6.07, 6.45) is 7.81. The Labute approximate surface area is 127 Å². The number of fused-ring (bicyclic) bond motifs is 2. The molecular formula is C14H19N3OS2. The third-order valence-electron chi connectivity index (χ3n) is 4.78. The lowest BCUT2D eigenvalue weighted by Gasteiger charge is -2.19. The third kappa shape index (κ3) is 2.37. The molecule has 1 aromatic heterocycles. The van der Waals surface area contributed by atoms with Gasteiger partial charge in [0.25, 0.3) is 0 Å². The topological polar surface area (TPSA) is 46.1 Å². The molecule has 4 rings (SSSR count). The van der Waals surface area contributed by atoms with Crippen molar-refractivity contribution in [3.05, 3.63) is 0 Å². The van der Waals surface area contributed by atoms with Gasteiger partial charge in [0.2, 0.25) is 11.0 Å².